The third kappa shape index (κ3) is 0.641. The molecule has 0 aromatic carbocycles. The van der Waals surface area contributed by atoms with E-state index in [1.54, 1.807) is 0 Å². The summed E-state index contributed by atoms with van der Waals surface area (Å²) in [5.41, 5.74) is 0. The molecule has 44 valence electrons. The normalized spacial score (nSPS) is 18.5. The van der Waals surface area contributed by atoms with E-state index in [0.29, 0.717) is 19.5 Å². The Labute approximate surface area is 46.5 Å². The molecule has 0 aromatic heterocycles. The van der Waals surface area contributed by atoms with E-state index in [-0.39, 0.29) is 6.03 Å². The van der Waals surface area contributed by atoms with Crippen molar-refractivity contribution >= 4 is 12.4 Å². The monoisotopic (exact) mass is 114 g/mol. The highest BCUT2D eigenvalue weighted by atomic mass is 16.2. The van der Waals surface area contributed by atoms with Crippen molar-refractivity contribution in [3.05, 3.63) is 0 Å². The van der Waals surface area contributed by atoms with Gasteiger partial charge in [-0.1, -0.05) is 0 Å². The van der Waals surface area contributed by atoms with Crippen LogP contribution < -0.4 is 5.32 Å². The van der Waals surface area contributed by atoms with E-state index in [1.165, 1.54) is 0 Å². The van der Waals surface area contributed by atoms with E-state index in [0.717, 1.165) is 4.90 Å². The van der Waals surface area contributed by atoms with Crippen LogP contribution >= 0.6 is 0 Å². The van der Waals surface area contributed by atoms with Crippen molar-refractivity contribution in [1.29, 1.82) is 0 Å². The summed E-state index contributed by atoms with van der Waals surface area (Å²) in [6, 6.07) is -0.292. The van der Waals surface area contributed by atoms with Crippen LogP contribution in [0.2, 0.25) is 0 Å². The lowest BCUT2D eigenvalue weighted by Gasteiger charge is -1.99. The average Bonchev–Trinajstić information content (AvgIpc) is 2.14. The summed E-state index contributed by atoms with van der Waals surface area (Å²) in [6.45, 7) is 1.08. The standard InChI is InChI=1S/C4H6N2O2/c7-3-6-2-1-5-4(6)8/h3H,1-2H2,(H,5,8). The third-order valence-corrected chi connectivity index (χ3v) is 1.02. The van der Waals surface area contributed by atoms with Gasteiger partial charge in [-0.15, -0.1) is 0 Å². The Balaban J connectivity index is 2.54. The van der Waals surface area contributed by atoms with Crippen molar-refractivity contribution in [2.75, 3.05) is 13.1 Å². The molecule has 8 heavy (non-hydrogen) atoms. The van der Waals surface area contributed by atoms with E-state index in [1.807, 2.05) is 0 Å². The van der Waals surface area contributed by atoms with Gasteiger partial charge < -0.3 is 5.32 Å². The van der Waals surface area contributed by atoms with Gasteiger partial charge in [0.1, 0.15) is 0 Å². The maximum atomic E-state index is 10.4. The van der Waals surface area contributed by atoms with Gasteiger partial charge in [0.15, 0.2) is 0 Å². The Morgan fingerprint density at radius 2 is 2.50 bits per heavy atom. The van der Waals surface area contributed by atoms with Crippen molar-refractivity contribution < 1.29 is 9.59 Å². The van der Waals surface area contributed by atoms with E-state index >= 15 is 0 Å². The van der Waals surface area contributed by atoms with E-state index < -0.39 is 0 Å². The Bertz CT molecular complexity index is 123. The highest BCUT2D eigenvalue weighted by molar-refractivity contribution is 5.86. The van der Waals surface area contributed by atoms with Crippen molar-refractivity contribution in [1.82, 2.24) is 10.2 Å². The SMILES string of the molecule is O=CN1CCNC1=O. The lowest BCUT2D eigenvalue weighted by atomic mass is 10.7. The lowest BCUT2D eigenvalue weighted by Crippen LogP contribution is -2.26. The summed E-state index contributed by atoms with van der Waals surface area (Å²) >= 11 is 0. The van der Waals surface area contributed by atoms with E-state index in [2.05, 4.69) is 5.32 Å². The van der Waals surface area contributed by atoms with Crippen molar-refractivity contribution in [3.8, 4) is 0 Å². The van der Waals surface area contributed by atoms with Gasteiger partial charge in [0.05, 0.1) is 0 Å². The molecule has 4 heteroatoms. The molecule has 0 bridgehead atoms. The number of urea groups is 1. The maximum Gasteiger partial charge on any atom is 0.323 e. The zero-order chi connectivity index (χ0) is 5.98. The van der Waals surface area contributed by atoms with Crippen LogP contribution in [0, 0.1) is 0 Å². The first-order chi connectivity index (χ1) is 3.84. The molecule has 1 fully saturated rings. The van der Waals surface area contributed by atoms with Crippen LogP contribution in [0.25, 0.3) is 0 Å². The lowest BCUT2D eigenvalue weighted by molar-refractivity contribution is -0.115. The second-order valence-corrected chi connectivity index (χ2v) is 1.53. The second kappa shape index (κ2) is 1.81. The zero-order valence-electron chi connectivity index (χ0n) is 4.26. The number of rotatable bonds is 1. The minimum atomic E-state index is -0.292. The number of nitrogens with zero attached hydrogens (tertiary/aromatic N) is 1. The van der Waals surface area contributed by atoms with Crippen LogP contribution in [-0.4, -0.2) is 30.4 Å². The van der Waals surface area contributed by atoms with Crippen molar-refractivity contribution in [3.63, 3.8) is 0 Å². The predicted molar refractivity (Wildman–Crippen MR) is 26.2 cm³/mol. The Morgan fingerprint density at radius 1 is 1.75 bits per heavy atom. The fourth-order valence-electron chi connectivity index (χ4n) is 0.587. The number of carbonyl (C=O) groups excluding carboxylic acids is 2. The molecule has 1 saturated heterocycles. The number of hydrogen-bond donors (Lipinski definition) is 1. The summed E-state index contributed by atoms with van der Waals surface area (Å²) in [5.74, 6) is 0. The van der Waals surface area contributed by atoms with Gasteiger partial charge in [-0.3, -0.25) is 9.69 Å². The smallest absolute Gasteiger partial charge is 0.323 e. The largest absolute Gasteiger partial charge is 0.336 e. The molecule has 1 heterocycles. The van der Waals surface area contributed by atoms with Crippen LogP contribution in [0.4, 0.5) is 4.79 Å². The molecule has 1 aliphatic rings. The minimum Gasteiger partial charge on any atom is -0.336 e. The number of carbonyl (C=O) groups is 2. The Kier molecular flexibility index (Phi) is 1.15. The van der Waals surface area contributed by atoms with Crippen LogP contribution in [-0.2, 0) is 4.79 Å². The molecule has 0 aliphatic carbocycles. The topological polar surface area (TPSA) is 49.4 Å². The number of imide groups is 1. The highest BCUT2D eigenvalue weighted by Crippen LogP contribution is 1.89. The molecule has 0 spiro atoms. The summed E-state index contributed by atoms with van der Waals surface area (Å²) in [7, 11) is 0. The molecule has 1 N–H and O–H groups in total. The first-order valence-corrected chi connectivity index (χ1v) is 2.34. The molecule has 1 rings (SSSR count). The molecular weight excluding hydrogens is 108 g/mol. The highest BCUT2D eigenvalue weighted by Gasteiger charge is 2.17. The second-order valence-electron chi connectivity index (χ2n) is 1.53. The molecule has 0 unspecified atom stereocenters. The predicted octanol–water partition coefficient (Wildman–Crippen LogP) is -0.832. The van der Waals surface area contributed by atoms with Gasteiger partial charge in [-0.05, 0) is 0 Å². The van der Waals surface area contributed by atoms with Gasteiger partial charge in [0.25, 0.3) is 0 Å². The van der Waals surface area contributed by atoms with Crippen LogP contribution in [0.5, 0.6) is 0 Å². The van der Waals surface area contributed by atoms with Gasteiger partial charge in [0, 0.05) is 13.1 Å². The first-order valence-electron chi connectivity index (χ1n) is 2.34. The number of hydrogen-bond acceptors (Lipinski definition) is 2. The molecular formula is C4H6N2O2. The first kappa shape index (κ1) is 5.08. The molecule has 0 saturated carbocycles. The van der Waals surface area contributed by atoms with Gasteiger partial charge in [-0.2, -0.15) is 0 Å². The average molecular weight is 114 g/mol. The van der Waals surface area contributed by atoms with Crippen LogP contribution in [0.1, 0.15) is 0 Å². The quantitative estimate of drug-likeness (QED) is 0.452. The maximum absolute atomic E-state index is 10.4. The molecule has 0 aromatic rings. The molecule has 0 atom stereocenters. The number of nitrogens with one attached hydrogen (secondary N) is 1. The number of amides is 3. The van der Waals surface area contributed by atoms with Gasteiger partial charge in [-0.25, -0.2) is 4.79 Å². The Hall–Kier alpha value is -1.06. The summed E-state index contributed by atoms with van der Waals surface area (Å²) < 4.78 is 0. The summed E-state index contributed by atoms with van der Waals surface area (Å²) in [5, 5.41) is 2.48. The minimum absolute atomic E-state index is 0.292. The molecule has 1 aliphatic heterocycles. The van der Waals surface area contributed by atoms with Crippen LogP contribution in [0.3, 0.4) is 0 Å². The Morgan fingerprint density at radius 3 is 2.75 bits per heavy atom. The summed E-state index contributed by atoms with van der Waals surface area (Å²) in [4.78, 5) is 21.4. The van der Waals surface area contributed by atoms with Crippen molar-refractivity contribution in [2.24, 2.45) is 0 Å². The summed E-state index contributed by atoms with van der Waals surface area (Å²) in [6.07, 6.45) is 0.530. The molecule has 0 radical (unpaired) electrons. The van der Waals surface area contributed by atoms with Gasteiger partial charge >= 0.3 is 6.03 Å². The van der Waals surface area contributed by atoms with Crippen LogP contribution in [0.15, 0.2) is 0 Å². The molecule has 4 nitrogen and oxygen atoms in total. The van der Waals surface area contributed by atoms with Gasteiger partial charge in [0.2, 0.25) is 6.41 Å². The zero-order valence-corrected chi connectivity index (χ0v) is 4.26. The van der Waals surface area contributed by atoms with E-state index in [9.17, 15) is 9.59 Å². The van der Waals surface area contributed by atoms with Crippen molar-refractivity contribution in [2.45, 2.75) is 0 Å². The fraction of sp³-hybridized carbons (Fsp3) is 0.500. The fourth-order valence-corrected chi connectivity index (χ4v) is 0.587. The van der Waals surface area contributed by atoms with E-state index in [4.69, 9.17) is 0 Å². The molecule has 3 amide bonds. The third-order valence-electron chi connectivity index (χ3n) is 1.02.